The molecule has 0 bridgehead atoms. The number of nitrogens with zero attached hydrogens (tertiary/aromatic N) is 5. The molecular weight excluding hydrogens is 443 g/mol. The predicted octanol–water partition coefficient (Wildman–Crippen LogP) is 4.96. The highest BCUT2D eigenvalue weighted by Gasteiger charge is 2.16. The first kappa shape index (κ1) is 19.1. The molecule has 4 rings (SSSR count). The minimum Gasteiger partial charge on any atom is -0.420 e. The first-order chi connectivity index (χ1) is 13.5. The summed E-state index contributed by atoms with van der Waals surface area (Å²) in [5.41, 5.74) is 1.42. The molecule has 0 aliphatic carbocycles. The van der Waals surface area contributed by atoms with Gasteiger partial charge in [-0.3, -0.25) is 0 Å². The molecule has 2 N–H and O–H groups in total. The van der Waals surface area contributed by atoms with Gasteiger partial charge in [0.15, 0.2) is 5.82 Å². The van der Waals surface area contributed by atoms with E-state index in [1.165, 1.54) is 16.4 Å². The maximum atomic E-state index is 6.22. The van der Waals surface area contributed by atoms with Crippen molar-refractivity contribution in [2.75, 3.05) is 5.84 Å². The Morgan fingerprint density at radius 3 is 2.43 bits per heavy atom. The fourth-order valence-electron chi connectivity index (χ4n) is 2.38. The van der Waals surface area contributed by atoms with Crippen molar-refractivity contribution in [1.29, 1.82) is 0 Å². The summed E-state index contributed by atoms with van der Waals surface area (Å²) in [4.78, 5) is 0. The Balaban J connectivity index is 1.49. The summed E-state index contributed by atoms with van der Waals surface area (Å²) >= 11 is 19.3. The third kappa shape index (κ3) is 3.95. The van der Waals surface area contributed by atoms with Crippen LogP contribution in [0, 0.1) is 0 Å². The van der Waals surface area contributed by atoms with Crippen molar-refractivity contribution >= 4 is 46.6 Å². The average molecular weight is 454 g/mol. The third-order valence-electron chi connectivity index (χ3n) is 3.72. The summed E-state index contributed by atoms with van der Waals surface area (Å²) < 4.78 is 7.03. The van der Waals surface area contributed by atoms with Crippen molar-refractivity contribution in [3.8, 4) is 22.8 Å². The van der Waals surface area contributed by atoms with Crippen molar-refractivity contribution in [3.63, 3.8) is 0 Å². The van der Waals surface area contributed by atoms with Crippen molar-refractivity contribution in [3.05, 3.63) is 63.4 Å². The van der Waals surface area contributed by atoms with Crippen molar-refractivity contribution < 1.29 is 4.42 Å². The Bertz CT molecular complexity index is 1130. The van der Waals surface area contributed by atoms with Gasteiger partial charge in [0, 0.05) is 21.2 Å². The van der Waals surface area contributed by atoms with Crippen LogP contribution in [0.2, 0.25) is 15.1 Å². The van der Waals surface area contributed by atoms with Crippen molar-refractivity contribution in [2.24, 2.45) is 0 Å². The van der Waals surface area contributed by atoms with Gasteiger partial charge in [0.25, 0.3) is 0 Å². The van der Waals surface area contributed by atoms with E-state index in [9.17, 15) is 0 Å². The number of hydrogen-bond donors (Lipinski definition) is 1. The zero-order valence-corrected chi connectivity index (χ0v) is 17.1. The van der Waals surface area contributed by atoms with Gasteiger partial charge in [-0.05, 0) is 42.5 Å². The van der Waals surface area contributed by atoms with Gasteiger partial charge in [0.05, 0.1) is 10.8 Å². The van der Waals surface area contributed by atoms with Crippen molar-refractivity contribution in [2.45, 2.75) is 10.9 Å². The Morgan fingerprint density at radius 2 is 1.68 bits per heavy atom. The van der Waals surface area contributed by atoms with E-state index >= 15 is 0 Å². The van der Waals surface area contributed by atoms with Gasteiger partial charge in [-0.25, -0.2) is 4.68 Å². The molecule has 7 nitrogen and oxygen atoms in total. The van der Waals surface area contributed by atoms with Gasteiger partial charge in [-0.2, -0.15) is 0 Å². The number of aromatic nitrogens is 5. The molecule has 0 unspecified atom stereocenters. The van der Waals surface area contributed by atoms with Crippen LogP contribution < -0.4 is 5.84 Å². The van der Waals surface area contributed by atoms with E-state index in [1.54, 1.807) is 30.3 Å². The molecule has 0 aliphatic heterocycles. The highest BCUT2D eigenvalue weighted by atomic mass is 35.5. The molecule has 0 amide bonds. The summed E-state index contributed by atoms with van der Waals surface area (Å²) in [6.07, 6.45) is 0. The molecule has 0 radical (unpaired) electrons. The summed E-state index contributed by atoms with van der Waals surface area (Å²) in [6, 6.07) is 12.2. The minimum absolute atomic E-state index is 0.379. The van der Waals surface area contributed by atoms with E-state index in [2.05, 4.69) is 20.4 Å². The zero-order chi connectivity index (χ0) is 19.7. The number of halogens is 3. The SMILES string of the molecule is Nn1c(SCc2nnc(-c3ccc(Cl)cc3)o2)nnc1-c1ccc(Cl)cc1Cl. The Kier molecular flexibility index (Phi) is 5.45. The number of benzene rings is 2. The van der Waals surface area contributed by atoms with Gasteiger partial charge in [0.2, 0.25) is 16.9 Å². The number of nitrogens with two attached hydrogens (primary N) is 1. The van der Waals surface area contributed by atoms with E-state index < -0.39 is 0 Å². The van der Waals surface area contributed by atoms with Gasteiger partial charge < -0.3 is 10.3 Å². The van der Waals surface area contributed by atoms with Crippen LogP contribution in [-0.4, -0.2) is 25.1 Å². The quantitative estimate of drug-likeness (QED) is 0.337. The smallest absolute Gasteiger partial charge is 0.247 e. The molecular formula is C17H11Cl3N6OS. The largest absolute Gasteiger partial charge is 0.420 e. The van der Waals surface area contributed by atoms with Crippen LogP contribution in [0.15, 0.2) is 52.0 Å². The highest BCUT2D eigenvalue weighted by molar-refractivity contribution is 7.98. The zero-order valence-electron chi connectivity index (χ0n) is 14.0. The summed E-state index contributed by atoms with van der Waals surface area (Å²) in [7, 11) is 0. The lowest BCUT2D eigenvalue weighted by atomic mass is 10.2. The molecule has 0 saturated heterocycles. The highest BCUT2D eigenvalue weighted by Crippen LogP contribution is 2.31. The maximum absolute atomic E-state index is 6.22. The van der Waals surface area contributed by atoms with Crippen molar-refractivity contribution in [1.82, 2.24) is 25.1 Å². The second-order valence-electron chi connectivity index (χ2n) is 5.60. The van der Waals surface area contributed by atoms with E-state index in [1.807, 2.05) is 12.1 Å². The maximum Gasteiger partial charge on any atom is 0.247 e. The fourth-order valence-corrected chi connectivity index (χ4v) is 3.69. The first-order valence-electron chi connectivity index (χ1n) is 7.88. The number of hydrogen-bond acceptors (Lipinski definition) is 7. The number of rotatable bonds is 5. The Morgan fingerprint density at radius 1 is 0.929 bits per heavy atom. The number of nitrogen functional groups attached to an aromatic ring is 1. The average Bonchev–Trinajstić information content (AvgIpc) is 3.28. The Hall–Kier alpha value is -2.26. The van der Waals surface area contributed by atoms with Gasteiger partial charge in [-0.1, -0.05) is 46.6 Å². The fraction of sp³-hybridized carbons (Fsp3) is 0.0588. The van der Waals surface area contributed by atoms with Gasteiger partial charge in [-0.15, -0.1) is 20.4 Å². The topological polar surface area (TPSA) is 95.7 Å². The lowest BCUT2D eigenvalue weighted by molar-refractivity contribution is 0.528. The van der Waals surface area contributed by atoms with Crippen LogP contribution in [0.1, 0.15) is 5.89 Å². The first-order valence-corrected chi connectivity index (χ1v) is 10.0. The second-order valence-corrected chi connectivity index (χ2v) is 7.82. The third-order valence-corrected chi connectivity index (χ3v) is 5.45. The summed E-state index contributed by atoms with van der Waals surface area (Å²) in [6.45, 7) is 0. The molecule has 142 valence electrons. The summed E-state index contributed by atoms with van der Waals surface area (Å²) in [5.74, 6) is 7.77. The van der Waals surface area contributed by atoms with Crippen LogP contribution in [-0.2, 0) is 5.75 Å². The van der Waals surface area contributed by atoms with Gasteiger partial charge >= 0.3 is 0 Å². The van der Waals surface area contributed by atoms with E-state index in [4.69, 9.17) is 45.1 Å². The molecule has 0 spiro atoms. The van der Waals surface area contributed by atoms with E-state index in [0.29, 0.717) is 49.1 Å². The number of thioether (sulfide) groups is 1. The molecule has 0 saturated carbocycles. The van der Waals surface area contributed by atoms with Crippen LogP contribution >= 0.6 is 46.6 Å². The molecule has 11 heteroatoms. The van der Waals surface area contributed by atoms with E-state index in [0.717, 1.165) is 5.56 Å². The lowest BCUT2D eigenvalue weighted by Gasteiger charge is -2.05. The molecule has 2 heterocycles. The second kappa shape index (κ2) is 8.00. The predicted molar refractivity (Wildman–Crippen MR) is 110 cm³/mol. The van der Waals surface area contributed by atoms with E-state index in [-0.39, 0.29) is 0 Å². The Labute approximate surface area is 178 Å². The van der Waals surface area contributed by atoms with Crippen LogP contribution in [0.4, 0.5) is 0 Å². The van der Waals surface area contributed by atoms with Crippen LogP contribution in [0.5, 0.6) is 0 Å². The standard InChI is InChI=1S/C17H11Cl3N6OS/c18-10-3-1-9(2-4-10)16-24-22-14(27-16)8-28-17-25-23-15(26(17)21)12-6-5-11(19)7-13(12)20/h1-7H,8,21H2. The molecule has 0 fully saturated rings. The normalized spacial score (nSPS) is 11.1. The summed E-state index contributed by atoms with van der Waals surface area (Å²) in [5, 5.41) is 18.4. The molecule has 2 aromatic carbocycles. The minimum atomic E-state index is 0.379. The molecule has 2 aromatic heterocycles. The monoisotopic (exact) mass is 452 g/mol. The molecule has 0 atom stereocenters. The van der Waals surface area contributed by atoms with Crippen LogP contribution in [0.3, 0.4) is 0 Å². The molecule has 0 aliphatic rings. The molecule has 28 heavy (non-hydrogen) atoms. The van der Waals surface area contributed by atoms with Crippen LogP contribution in [0.25, 0.3) is 22.8 Å². The lowest BCUT2D eigenvalue weighted by Crippen LogP contribution is -2.11. The van der Waals surface area contributed by atoms with Gasteiger partial charge in [0.1, 0.15) is 0 Å². The molecule has 4 aromatic rings.